The van der Waals surface area contributed by atoms with E-state index in [1.807, 2.05) is 0 Å². The molecule has 0 radical (unpaired) electrons. The highest BCUT2D eigenvalue weighted by Crippen LogP contribution is 2.25. The third-order valence-corrected chi connectivity index (χ3v) is 3.94. The minimum atomic E-state index is -0.699. The van der Waals surface area contributed by atoms with E-state index in [-0.39, 0.29) is 33.7 Å². The molecule has 0 N–H and O–H groups in total. The van der Waals surface area contributed by atoms with Gasteiger partial charge >= 0.3 is 5.63 Å². The minimum Gasteiger partial charge on any atom is -0.422 e. The molecule has 0 atom stereocenters. The van der Waals surface area contributed by atoms with Crippen LogP contribution in [0.25, 0.3) is 33.3 Å². The van der Waals surface area contributed by atoms with Crippen molar-refractivity contribution in [2.75, 3.05) is 0 Å². The van der Waals surface area contributed by atoms with Crippen molar-refractivity contribution in [3.8, 4) is 11.3 Å². The van der Waals surface area contributed by atoms with E-state index in [1.165, 1.54) is 48.7 Å². The molecule has 0 aliphatic rings. The number of hydrogen-bond acceptors (Lipinski definition) is 8. The number of non-ortho nitro benzene ring substituents is 2. The summed E-state index contributed by atoms with van der Waals surface area (Å²) >= 11 is 0. The summed E-state index contributed by atoms with van der Waals surface area (Å²) in [6.07, 6.45) is 1.34. The van der Waals surface area contributed by atoms with Gasteiger partial charge in [0.25, 0.3) is 11.4 Å². The molecule has 27 heavy (non-hydrogen) atoms. The Morgan fingerprint density at radius 1 is 0.889 bits per heavy atom. The molecule has 4 aromatic rings. The quantitative estimate of drug-likeness (QED) is 0.306. The normalized spacial score (nSPS) is 11.0. The fraction of sp³-hybridized carbons (Fsp3) is 0. The van der Waals surface area contributed by atoms with Gasteiger partial charge in [0, 0.05) is 29.7 Å². The highest BCUT2D eigenvalue weighted by Gasteiger charge is 2.14. The van der Waals surface area contributed by atoms with Crippen LogP contribution in [0.15, 0.2) is 57.9 Å². The number of benzene rings is 2. The lowest BCUT2D eigenvalue weighted by molar-refractivity contribution is -0.384. The molecule has 2 aromatic heterocycles. The lowest BCUT2D eigenvalue weighted by atomic mass is 10.1. The molecule has 0 saturated carbocycles. The molecule has 4 rings (SSSR count). The van der Waals surface area contributed by atoms with Crippen LogP contribution in [0.4, 0.5) is 11.4 Å². The second-order valence-electron chi connectivity index (χ2n) is 5.61. The van der Waals surface area contributed by atoms with Crippen LogP contribution in [0.3, 0.4) is 0 Å². The summed E-state index contributed by atoms with van der Waals surface area (Å²) in [6, 6.07) is 9.28. The van der Waals surface area contributed by atoms with Gasteiger partial charge < -0.3 is 4.42 Å². The summed E-state index contributed by atoms with van der Waals surface area (Å²) in [5, 5.41) is 22.2. The van der Waals surface area contributed by atoms with Gasteiger partial charge in [0.2, 0.25) is 0 Å². The van der Waals surface area contributed by atoms with Crippen molar-refractivity contribution in [1.82, 2.24) is 9.97 Å². The highest BCUT2D eigenvalue weighted by atomic mass is 16.6. The van der Waals surface area contributed by atoms with E-state index in [9.17, 15) is 25.0 Å². The number of nitrogens with zero attached hydrogens (tertiary/aromatic N) is 4. The lowest BCUT2D eigenvalue weighted by Gasteiger charge is -2.03. The maximum absolute atomic E-state index is 12.3. The summed E-state index contributed by atoms with van der Waals surface area (Å²) in [5.41, 5.74) is 0.0336. The Kier molecular flexibility index (Phi) is 3.58. The van der Waals surface area contributed by atoms with Gasteiger partial charge in [-0.15, -0.1) is 0 Å². The van der Waals surface area contributed by atoms with Crippen LogP contribution in [0.5, 0.6) is 0 Å². The molecule has 0 aliphatic carbocycles. The Labute approximate surface area is 149 Å². The molecular weight excluding hydrogens is 356 g/mol. The Bertz CT molecular complexity index is 1310. The number of rotatable bonds is 3. The molecule has 2 heterocycles. The number of fused-ring (bicyclic) bond motifs is 2. The maximum Gasteiger partial charge on any atom is 0.345 e. The molecule has 132 valence electrons. The van der Waals surface area contributed by atoms with E-state index in [0.29, 0.717) is 10.9 Å². The Hall–Kier alpha value is -4.21. The molecule has 10 nitrogen and oxygen atoms in total. The van der Waals surface area contributed by atoms with E-state index in [0.717, 1.165) is 0 Å². The third kappa shape index (κ3) is 2.84. The van der Waals surface area contributed by atoms with E-state index in [4.69, 9.17) is 4.42 Å². The first-order valence-electron chi connectivity index (χ1n) is 7.56. The SMILES string of the molecule is O=c1oc2ccc([N+](=O)[O-])cc2cc1-c1cnc2ccc([N+](=O)[O-])cc2n1. The van der Waals surface area contributed by atoms with Gasteiger partial charge in [0.1, 0.15) is 5.58 Å². The monoisotopic (exact) mass is 364 g/mol. The summed E-state index contributed by atoms with van der Waals surface area (Å²) in [4.78, 5) is 41.4. The first-order valence-corrected chi connectivity index (χ1v) is 7.56. The Morgan fingerprint density at radius 2 is 1.59 bits per heavy atom. The van der Waals surface area contributed by atoms with Crippen molar-refractivity contribution in [1.29, 1.82) is 0 Å². The highest BCUT2D eigenvalue weighted by molar-refractivity contribution is 5.84. The smallest absolute Gasteiger partial charge is 0.345 e. The summed E-state index contributed by atoms with van der Waals surface area (Å²) < 4.78 is 5.20. The molecule has 0 saturated heterocycles. The van der Waals surface area contributed by atoms with Crippen molar-refractivity contribution in [2.45, 2.75) is 0 Å². The van der Waals surface area contributed by atoms with Crippen molar-refractivity contribution in [2.24, 2.45) is 0 Å². The fourth-order valence-corrected chi connectivity index (χ4v) is 2.65. The second-order valence-corrected chi connectivity index (χ2v) is 5.61. The van der Waals surface area contributed by atoms with Crippen LogP contribution < -0.4 is 5.63 Å². The van der Waals surface area contributed by atoms with Crippen molar-refractivity contribution in [3.05, 3.63) is 79.3 Å². The number of hydrogen-bond donors (Lipinski definition) is 0. The molecule has 10 heteroatoms. The van der Waals surface area contributed by atoms with Crippen LogP contribution in [0.2, 0.25) is 0 Å². The van der Waals surface area contributed by atoms with Crippen molar-refractivity contribution < 1.29 is 14.3 Å². The Balaban J connectivity index is 1.92. The second kappa shape index (κ2) is 5.95. The van der Waals surface area contributed by atoms with Crippen LogP contribution in [-0.2, 0) is 0 Å². The largest absolute Gasteiger partial charge is 0.422 e. The maximum atomic E-state index is 12.3. The van der Waals surface area contributed by atoms with Crippen molar-refractivity contribution >= 4 is 33.4 Å². The van der Waals surface area contributed by atoms with E-state index >= 15 is 0 Å². The molecule has 0 aliphatic heterocycles. The first kappa shape index (κ1) is 16.3. The van der Waals surface area contributed by atoms with Crippen LogP contribution in [0, 0.1) is 20.2 Å². The van der Waals surface area contributed by atoms with Gasteiger partial charge in [-0.2, -0.15) is 0 Å². The number of aromatic nitrogens is 2. The topological polar surface area (TPSA) is 142 Å². The van der Waals surface area contributed by atoms with Crippen LogP contribution in [0.1, 0.15) is 0 Å². The molecule has 0 spiro atoms. The zero-order valence-corrected chi connectivity index (χ0v) is 13.4. The standard InChI is InChI=1S/C17H8N4O6/c22-17-12(6-9-5-10(20(23)24)2-4-16(9)27-17)15-8-18-13-3-1-11(21(25)26)7-14(13)19-15/h1-8H. The van der Waals surface area contributed by atoms with E-state index in [2.05, 4.69) is 9.97 Å². The summed E-state index contributed by atoms with van der Waals surface area (Å²) in [5.74, 6) is 0. The molecule has 0 fully saturated rings. The zero-order valence-electron chi connectivity index (χ0n) is 13.4. The average molecular weight is 364 g/mol. The average Bonchev–Trinajstić information content (AvgIpc) is 2.66. The molecule has 0 unspecified atom stereocenters. The first-order chi connectivity index (χ1) is 12.9. The predicted molar refractivity (Wildman–Crippen MR) is 94.3 cm³/mol. The van der Waals surface area contributed by atoms with Crippen molar-refractivity contribution in [3.63, 3.8) is 0 Å². The van der Waals surface area contributed by atoms with Gasteiger partial charge in [-0.1, -0.05) is 0 Å². The number of nitro benzene ring substituents is 2. The fourth-order valence-electron chi connectivity index (χ4n) is 2.65. The van der Waals surface area contributed by atoms with E-state index < -0.39 is 15.5 Å². The lowest BCUT2D eigenvalue weighted by Crippen LogP contribution is -2.04. The Morgan fingerprint density at radius 3 is 2.33 bits per heavy atom. The predicted octanol–water partition coefficient (Wildman–Crippen LogP) is 3.22. The van der Waals surface area contributed by atoms with Gasteiger partial charge in [-0.25, -0.2) is 9.78 Å². The van der Waals surface area contributed by atoms with Gasteiger partial charge in [-0.3, -0.25) is 25.2 Å². The van der Waals surface area contributed by atoms with Crippen LogP contribution >= 0.6 is 0 Å². The van der Waals surface area contributed by atoms with E-state index in [1.54, 1.807) is 0 Å². The summed E-state index contributed by atoms with van der Waals surface area (Å²) in [7, 11) is 0. The molecule has 0 bridgehead atoms. The van der Waals surface area contributed by atoms with Gasteiger partial charge in [-0.05, 0) is 18.2 Å². The molecular formula is C17H8N4O6. The summed E-state index contributed by atoms with van der Waals surface area (Å²) in [6.45, 7) is 0. The van der Waals surface area contributed by atoms with Gasteiger partial charge in [0.15, 0.2) is 0 Å². The minimum absolute atomic E-state index is 0.0453. The van der Waals surface area contributed by atoms with Gasteiger partial charge in [0.05, 0.1) is 38.3 Å². The third-order valence-electron chi connectivity index (χ3n) is 3.94. The van der Waals surface area contributed by atoms with Crippen LogP contribution in [-0.4, -0.2) is 19.8 Å². The molecule has 2 aromatic carbocycles. The number of nitro groups is 2. The zero-order chi connectivity index (χ0) is 19.1. The molecule has 0 amide bonds.